The number of hydrogen-bond acceptors (Lipinski definition) is 3. The summed E-state index contributed by atoms with van der Waals surface area (Å²) in [4.78, 5) is 4.36. The van der Waals surface area contributed by atoms with Gasteiger partial charge in [0.2, 0.25) is 0 Å². The molecule has 134 valence electrons. The van der Waals surface area contributed by atoms with Crippen molar-refractivity contribution in [3.05, 3.63) is 71.5 Å². The van der Waals surface area contributed by atoms with E-state index in [9.17, 15) is 4.39 Å². The van der Waals surface area contributed by atoms with Crippen molar-refractivity contribution < 1.29 is 4.39 Å². The number of aromatic nitrogens is 1. The first kappa shape index (κ1) is 21.2. The second-order valence-electron chi connectivity index (χ2n) is 5.74. The van der Waals surface area contributed by atoms with E-state index in [1.54, 1.807) is 12.1 Å². The third-order valence-corrected chi connectivity index (χ3v) is 3.99. The average molecular weight is 382 g/mol. The van der Waals surface area contributed by atoms with Gasteiger partial charge in [-0.25, -0.2) is 9.37 Å². The SMILES string of the molecule is CC(NCCc1cccc(F)c1)c1ccc2ccc(N)nc2c1.Cl.Cl. The number of nitrogens with zero attached hydrogens (tertiary/aromatic N) is 1. The van der Waals surface area contributed by atoms with Crippen LogP contribution in [0.2, 0.25) is 0 Å². The van der Waals surface area contributed by atoms with Crippen LogP contribution in [-0.4, -0.2) is 11.5 Å². The van der Waals surface area contributed by atoms with Gasteiger partial charge in [0.15, 0.2) is 0 Å². The monoisotopic (exact) mass is 381 g/mol. The van der Waals surface area contributed by atoms with Crippen LogP contribution in [0, 0.1) is 5.82 Å². The lowest BCUT2D eigenvalue weighted by Crippen LogP contribution is -2.21. The van der Waals surface area contributed by atoms with Crippen molar-refractivity contribution in [2.45, 2.75) is 19.4 Å². The molecule has 25 heavy (non-hydrogen) atoms. The van der Waals surface area contributed by atoms with E-state index in [4.69, 9.17) is 5.73 Å². The molecule has 0 aliphatic heterocycles. The second kappa shape index (κ2) is 9.56. The van der Waals surface area contributed by atoms with E-state index < -0.39 is 0 Å². The number of benzene rings is 2. The molecule has 0 aliphatic rings. The molecule has 6 heteroatoms. The molecule has 0 fully saturated rings. The lowest BCUT2D eigenvalue weighted by Gasteiger charge is -2.15. The van der Waals surface area contributed by atoms with Gasteiger partial charge in [0.25, 0.3) is 0 Å². The smallest absolute Gasteiger partial charge is 0.124 e. The van der Waals surface area contributed by atoms with E-state index in [-0.39, 0.29) is 36.7 Å². The molecule has 0 amide bonds. The maximum atomic E-state index is 13.2. The first-order valence-corrected chi connectivity index (χ1v) is 7.76. The minimum Gasteiger partial charge on any atom is -0.384 e. The third kappa shape index (κ3) is 5.56. The molecule has 1 aromatic heterocycles. The fourth-order valence-electron chi connectivity index (χ4n) is 2.66. The van der Waals surface area contributed by atoms with E-state index in [0.717, 1.165) is 35.0 Å². The van der Waals surface area contributed by atoms with Crippen molar-refractivity contribution in [2.75, 3.05) is 12.3 Å². The number of nitrogens with two attached hydrogens (primary N) is 1. The molecule has 3 aromatic rings. The van der Waals surface area contributed by atoms with E-state index in [0.29, 0.717) is 5.82 Å². The molecule has 0 aliphatic carbocycles. The normalized spacial score (nSPS) is 11.4. The summed E-state index contributed by atoms with van der Waals surface area (Å²) in [5.41, 5.74) is 8.81. The van der Waals surface area contributed by atoms with Crippen LogP contribution in [0.4, 0.5) is 10.2 Å². The Kier molecular flexibility index (Phi) is 8.10. The molecular weight excluding hydrogens is 360 g/mol. The summed E-state index contributed by atoms with van der Waals surface area (Å²) in [6.07, 6.45) is 0.793. The zero-order valence-electron chi connectivity index (χ0n) is 13.9. The Morgan fingerprint density at radius 2 is 1.84 bits per heavy atom. The molecule has 0 saturated heterocycles. The van der Waals surface area contributed by atoms with Gasteiger partial charge in [-0.2, -0.15) is 0 Å². The summed E-state index contributed by atoms with van der Waals surface area (Å²) in [5, 5.41) is 4.54. The Bertz CT molecular complexity index is 827. The summed E-state index contributed by atoms with van der Waals surface area (Å²) < 4.78 is 13.2. The van der Waals surface area contributed by atoms with Gasteiger partial charge in [-0.05, 0) is 61.3 Å². The zero-order valence-corrected chi connectivity index (χ0v) is 15.5. The van der Waals surface area contributed by atoms with Crippen LogP contribution < -0.4 is 11.1 Å². The molecule has 1 heterocycles. The molecule has 1 unspecified atom stereocenters. The molecule has 2 aromatic carbocycles. The second-order valence-corrected chi connectivity index (χ2v) is 5.74. The van der Waals surface area contributed by atoms with Crippen molar-refractivity contribution in [3.63, 3.8) is 0 Å². The summed E-state index contributed by atoms with van der Waals surface area (Å²) in [6, 6.07) is 16.9. The maximum Gasteiger partial charge on any atom is 0.124 e. The lowest BCUT2D eigenvalue weighted by molar-refractivity contribution is 0.575. The molecule has 0 spiro atoms. The molecule has 3 rings (SSSR count). The van der Waals surface area contributed by atoms with Crippen LogP contribution in [0.15, 0.2) is 54.6 Å². The highest BCUT2D eigenvalue weighted by atomic mass is 35.5. The summed E-state index contributed by atoms with van der Waals surface area (Å²) >= 11 is 0. The van der Waals surface area contributed by atoms with Crippen molar-refractivity contribution in [1.29, 1.82) is 0 Å². The maximum absolute atomic E-state index is 13.2. The molecule has 3 nitrogen and oxygen atoms in total. The molecule has 1 atom stereocenters. The average Bonchev–Trinajstić information content (AvgIpc) is 2.54. The van der Waals surface area contributed by atoms with E-state index >= 15 is 0 Å². The standard InChI is InChI=1S/C19H20FN3.2ClH/c1-13(22-10-9-14-3-2-4-17(20)11-14)16-6-5-15-7-8-19(21)23-18(15)12-16;;/h2-8,11-13,22H,9-10H2,1H3,(H2,21,23);2*1H. The van der Waals surface area contributed by atoms with Crippen LogP contribution in [0.25, 0.3) is 10.9 Å². The van der Waals surface area contributed by atoms with Gasteiger partial charge >= 0.3 is 0 Å². The van der Waals surface area contributed by atoms with Gasteiger partial charge in [0, 0.05) is 11.4 Å². The van der Waals surface area contributed by atoms with Crippen molar-refractivity contribution in [1.82, 2.24) is 10.3 Å². The van der Waals surface area contributed by atoms with Crippen LogP contribution in [0.3, 0.4) is 0 Å². The highest BCUT2D eigenvalue weighted by molar-refractivity contribution is 5.85. The number of nitrogens with one attached hydrogen (secondary N) is 1. The largest absolute Gasteiger partial charge is 0.384 e. The Morgan fingerprint density at radius 3 is 2.60 bits per heavy atom. The summed E-state index contributed by atoms with van der Waals surface area (Å²) in [6.45, 7) is 2.89. The number of hydrogen-bond donors (Lipinski definition) is 2. The van der Waals surface area contributed by atoms with Crippen molar-refractivity contribution in [2.24, 2.45) is 0 Å². The number of rotatable bonds is 5. The van der Waals surface area contributed by atoms with E-state index in [2.05, 4.69) is 35.4 Å². The topological polar surface area (TPSA) is 50.9 Å². The first-order chi connectivity index (χ1) is 11.1. The first-order valence-electron chi connectivity index (χ1n) is 7.76. The zero-order chi connectivity index (χ0) is 16.2. The molecule has 3 N–H and O–H groups in total. The Morgan fingerprint density at radius 1 is 1.08 bits per heavy atom. The van der Waals surface area contributed by atoms with Crippen molar-refractivity contribution >= 4 is 41.5 Å². The van der Waals surface area contributed by atoms with Gasteiger partial charge < -0.3 is 11.1 Å². The fraction of sp³-hybridized carbons (Fsp3) is 0.211. The predicted molar refractivity (Wildman–Crippen MR) is 107 cm³/mol. The van der Waals surface area contributed by atoms with Gasteiger partial charge in [-0.15, -0.1) is 24.8 Å². The molecule has 0 bridgehead atoms. The third-order valence-electron chi connectivity index (χ3n) is 3.99. The summed E-state index contributed by atoms with van der Waals surface area (Å²) in [7, 11) is 0. The van der Waals surface area contributed by atoms with Crippen molar-refractivity contribution in [3.8, 4) is 0 Å². The van der Waals surface area contributed by atoms with Crippen LogP contribution >= 0.6 is 24.8 Å². The van der Waals surface area contributed by atoms with Crippen LogP contribution in [0.5, 0.6) is 0 Å². The van der Waals surface area contributed by atoms with Gasteiger partial charge in [0.1, 0.15) is 11.6 Å². The van der Waals surface area contributed by atoms with Gasteiger partial charge in [-0.3, -0.25) is 0 Å². The van der Waals surface area contributed by atoms with E-state index in [1.165, 1.54) is 6.07 Å². The van der Waals surface area contributed by atoms with E-state index in [1.807, 2.05) is 18.2 Å². The minimum absolute atomic E-state index is 0. The number of nitrogen functional groups attached to an aromatic ring is 1. The number of anilines is 1. The Labute approximate surface area is 159 Å². The fourth-order valence-corrected chi connectivity index (χ4v) is 2.66. The molecule has 0 radical (unpaired) electrons. The Balaban J connectivity index is 0.00000156. The Hall–Kier alpha value is -1.88. The lowest BCUT2D eigenvalue weighted by atomic mass is 10.1. The molecule has 0 saturated carbocycles. The highest BCUT2D eigenvalue weighted by Gasteiger charge is 2.06. The van der Waals surface area contributed by atoms with Gasteiger partial charge in [0.05, 0.1) is 5.52 Å². The number of fused-ring (bicyclic) bond motifs is 1. The number of pyridine rings is 1. The predicted octanol–water partition coefficient (Wildman–Crippen LogP) is 4.69. The quantitative estimate of drug-likeness (QED) is 0.673. The van der Waals surface area contributed by atoms with Crippen LogP contribution in [-0.2, 0) is 6.42 Å². The molecular formula is C19H22Cl2FN3. The van der Waals surface area contributed by atoms with Crippen LogP contribution in [0.1, 0.15) is 24.1 Å². The summed E-state index contributed by atoms with van der Waals surface area (Å²) in [5.74, 6) is 0.343. The highest BCUT2D eigenvalue weighted by Crippen LogP contribution is 2.20. The number of halogens is 3. The minimum atomic E-state index is -0.186. The van der Waals surface area contributed by atoms with Gasteiger partial charge in [-0.1, -0.05) is 24.3 Å².